The van der Waals surface area contributed by atoms with Crippen molar-refractivity contribution < 1.29 is 29.3 Å². The zero-order chi connectivity index (χ0) is 20.7. The molecule has 0 saturated carbocycles. The van der Waals surface area contributed by atoms with E-state index in [9.17, 15) is 9.59 Å². The second-order valence-electron chi connectivity index (χ2n) is 5.62. The van der Waals surface area contributed by atoms with Crippen molar-refractivity contribution >= 4 is 35.4 Å². The van der Waals surface area contributed by atoms with Crippen LogP contribution in [0.15, 0.2) is 48.0 Å². The molecule has 7 nitrogen and oxygen atoms in total. The maximum atomic E-state index is 11.1. The van der Waals surface area contributed by atoms with Gasteiger partial charge in [-0.1, -0.05) is 17.7 Å². The zero-order valence-electron chi connectivity index (χ0n) is 15.0. The molecule has 0 aromatic heterocycles. The van der Waals surface area contributed by atoms with Gasteiger partial charge in [-0.05, 0) is 42.3 Å². The lowest BCUT2D eigenvalue weighted by atomic mass is 10.1. The fourth-order valence-electron chi connectivity index (χ4n) is 2.40. The molecule has 0 saturated heterocycles. The summed E-state index contributed by atoms with van der Waals surface area (Å²) in [6, 6.07) is 7.60. The average molecular weight is 404 g/mol. The molecule has 0 amide bonds. The van der Waals surface area contributed by atoms with E-state index in [1.165, 1.54) is 31.5 Å². The van der Waals surface area contributed by atoms with E-state index in [1.54, 1.807) is 18.2 Å². The lowest BCUT2D eigenvalue weighted by Gasteiger charge is -2.14. The van der Waals surface area contributed by atoms with Crippen LogP contribution in [0.1, 0.15) is 21.5 Å². The fourth-order valence-corrected chi connectivity index (χ4v) is 2.57. The van der Waals surface area contributed by atoms with Crippen LogP contribution in [0.4, 0.5) is 5.69 Å². The van der Waals surface area contributed by atoms with E-state index in [1.807, 2.05) is 0 Å². The summed E-state index contributed by atoms with van der Waals surface area (Å²) in [6.07, 6.45) is 3.57. The molecule has 0 spiro atoms. The highest BCUT2D eigenvalue weighted by Crippen LogP contribution is 2.34. The van der Waals surface area contributed by atoms with E-state index in [4.69, 9.17) is 31.3 Å². The van der Waals surface area contributed by atoms with Gasteiger partial charge in [-0.2, -0.15) is 0 Å². The Morgan fingerprint density at radius 3 is 2.61 bits per heavy atom. The number of aliphatic carboxylic acids is 1. The van der Waals surface area contributed by atoms with Crippen LogP contribution < -0.4 is 9.47 Å². The van der Waals surface area contributed by atoms with Crippen molar-refractivity contribution in [1.29, 1.82) is 0 Å². The third-order valence-electron chi connectivity index (χ3n) is 3.62. The molecule has 8 heteroatoms. The predicted octanol–water partition coefficient (Wildman–Crippen LogP) is 3.99. The van der Waals surface area contributed by atoms with Crippen molar-refractivity contribution in [1.82, 2.24) is 0 Å². The van der Waals surface area contributed by atoms with Crippen LogP contribution in [0.3, 0.4) is 0 Å². The number of ether oxygens (including phenoxy) is 2. The lowest BCUT2D eigenvalue weighted by molar-refractivity contribution is -0.139. The number of methoxy groups -OCH3 is 1. The average Bonchev–Trinajstić information content (AvgIpc) is 2.65. The van der Waals surface area contributed by atoms with Gasteiger partial charge in [0.1, 0.15) is 0 Å². The van der Waals surface area contributed by atoms with Gasteiger partial charge in [-0.25, -0.2) is 9.59 Å². The van der Waals surface area contributed by atoms with Gasteiger partial charge in [0.05, 0.1) is 23.4 Å². The van der Waals surface area contributed by atoms with E-state index < -0.39 is 18.5 Å². The molecule has 0 aliphatic carbocycles. The van der Waals surface area contributed by atoms with E-state index >= 15 is 0 Å². The molecule has 2 N–H and O–H groups in total. The molecular formula is C20H18ClNO6. The summed E-state index contributed by atoms with van der Waals surface area (Å²) in [5.41, 5.74) is 1.67. The molecule has 0 bridgehead atoms. The standard InChI is InChI=1S/C20H18ClNO6/c1-3-4-13-7-12(8-17(27-2)19(13)28-11-18(23)24)10-22-16-9-14(20(25)26)5-6-15(16)21/h3,5-10H,1,4,11H2,2H3,(H,23,24)(H,25,26). The Balaban J connectivity index is 2.43. The van der Waals surface area contributed by atoms with E-state index in [-0.39, 0.29) is 5.56 Å². The van der Waals surface area contributed by atoms with Gasteiger partial charge in [0.25, 0.3) is 0 Å². The Kier molecular flexibility index (Phi) is 7.17. The molecule has 2 aromatic rings. The molecular weight excluding hydrogens is 386 g/mol. The van der Waals surface area contributed by atoms with Crippen LogP contribution in [-0.4, -0.2) is 42.1 Å². The Morgan fingerprint density at radius 2 is 2.00 bits per heavy atom. The number of aromatic carboxylic acids is 1. The summed E-state index contributed by atoms with van der Waals surface area (Å²) in [4.78, 5) is 26.2. The topological polar surface area (TPSA) is 105 Å². The molecule has 0 unspecified atom stereocenters. The van der Waals surface area contributed by atoms with Crippen LogP contribution in [0, 0.1) is 0 Å². The molecule has 2 rings (SSSR count). The maximum absolute atomic E-state index is 11.1. The number of allylic oxidation sites excluding steroid dienone is 1. The number of halogens is 1. The van der Waals surface area contributed by atoms with Crippen LogP contribution in [0.5, 0.6) is 11.5 Å². The molecule has 0 atom stereocenters. The Morgan fingerprint density at radius 1 is 1.25 bits per heavy atom. The molecule has 0 radical (unpaired) electrons. The van der Waals surface area contributed by atoms with Gasteiger partial charge in [0.15, 0.2) is 18.1 Å². The minimum Gasteiger partial charge on any atom is -0.493 e. The first-order valence-corrected chi connectivity index (χ1v) is 8.46. The Labute approximate surface area is 166 Å². The highest BCUT2D eigenvalue weighted by molar-refractivity contribution is 6.33. The number of aliphatic imine (C=N–C) groups is 1. The number of carboxylic acid groups (broad SMARTS) is 2. The second-order valence-corrected chi connectivity index (χ2v) is 6.02. The summed E-state index contributed by atoms with van der Waals surface area (Å²) in [5.74, 6) is -1.53. The number of carboxylic acids is 2. The van der Waals surface area contributed by atoms with Crippen molar-refractivity contribution in [3.63, 3.8) is 0 Å². The molecule has 0 aliphatic rings. The second kappa shape index (κ2) is 9.57. The fraction of sp³-hybridized carbons (Fsp3) is 0.150. The first-order chi connectivity index (χ1) is 13.3. The molecule has 0 aliphatic heterocycles. The van der Waals surface area contributed by atoms with Gasteiger partial charge >= 0.3 is 11.9 Å². The van der Waals surface area contributed by atoms with Crippen molar-refractivity contribution in [3.05, 3.63) is 64.7 Å². The quantitative estimate of drug-likeness (QED) is 0.484. The SMILES string of the molecule is C=CCc1cc(C=Nc2cc(C(=O)O)ccc2Cl)cc(OC)c1OCC(=O)O. The highest BCUT2D eigenvalue weighted by atomic mass is 35.5. The van der Waals surface area contributed by atoms with Crippen molar-refractivity contribution in [3.8, 4) is 11.5 Å². The summed E-state index contributed by atoms with van der Waals surface area (Å²) >= 11 is 6.08. The number of hydrogen-bond acceptors (Lipinski definition) is 5. The van der Waals surface area contributed by atoms with Crippen LogP contribution in [0.2, 0.25) is 5.02 Å². The van der Waals surface area contributed by atoms with E-state index in [0.717, 1.165) is 0 Å². The van der Waals surface area contributed by atoms with E-state index in [0.29, 0.717) is 39.8 Å². The monoisotopic (exact) mass is 403 g/mol. The predicted molar refractivity (Wildman–Crippen MR) is 106 cm³/mol. The molecule has 0 heterocycles. The minimum atomic E-state index is -1.11. The molecule has 146 valence electrons. The number of rotatable bonds is 9. The van der Waals surface area contributed by atoms with Crippen LogP contribution in [-0.2, 0) is 11.2 Å². The Bertz CT molecular complexity index is 939. The highest BCUT2D eigenvalue weighted by Gasteiger charge is 2.14. The number of nitrogens with zero attached hydrogens (tertiary/aromatic N) is 1. The van der Waals surface area contributed by atoms with Gasteiger partial charge in [0.2, 0.25) is 0 Å². The number of hydrogen-bond donors (Lipinski definition) is 2. The number of benzene rings is 2. The largest absolute Gasteiger partial charge is 0.493 e. The number of carbonyl (C=O) groups is 2. The van der Waals surface area contributed by atoms with Gasteiger partial charge in [-0.3, -0.25) is 4.99 Å². The minimum absolute atomic E-state index is 0.0684. The van der Waals surface area contributed by atoms with Crippen molar-refractivity contribution in [2.45, 2.75) is 6.42 Å². The van der Waals surface area contributed by atoms with E-state index in [2.05, 4.69) is 11.6 Å². The van der Waals surface area contributed by atoms with Crippen LogP contribution in [0.25, 0.3) is 0 Å². The molecule has 2 aromatic carbocycles. The molecule has 0 fully saturated rings. The summed E-state index contributed by atoms with van der Waals surface area (Å²) in [7, 11) is 1.44. The normalized spacial score (nSPS) is 10.6. The summed E-state index contributed by atoms with van der Waals surface area (Å²) in [5, 5.41) is 18.2. The maximum Gasteiger partial charge on any atom is 0.341 e. The first-order valence-electron chi connectivity index (χ1n) is 8.09. The zero-order valence-corrected chi connectivity index (χ0v) is 15.8. The first kappa shape index (κ1) is 21.0. The van der Waals surface area contributed by atoms with Crippen LogP contribution >= 0.6 is 11.6 Å². The van der Waals surface area contributed by atoms with Gasteiger partial charge < -0.3 is 19.7 Å². The van der Waals surface area contributed by atoms with Gasteiger partial charge in [-0.15, -0.1) is 6.58 Å². The third kappa shape index (κ3) is 5.34. The third-order valence-corrected chi connectivity index (χ3v) is 3.94. The van der Waals surface area contributed by atoms with Crippen molar-refractivity contribution in [2.24, 2.45) is 4.99 Å². The smallest absolute Gasteiger partial charge is 0.341 e. The summed E-state index contributed by atoms with van der Waals surface area (Å²) < 4.78 is 10.7. The van der Waals surface area contributed by atoms with Crippen molar-refractivity contribution in [2.75, 3.05) is 13.7 Å². The summed E-state index contributed by atoms with van der Waals surface area (Å²) in [6.45, 7) is 3.18. The lowest BCUT2D eigenvalue weighted by Crippen LogP contribution is -2.11. The Hall–Kier alpha value is -3.32. The molecule has 28 heavy (non-hydrogen) atoms. The van der Waals surface area contributed by atoms with Gasteiger partial charge in [0, 0.05) is 11.8 Å².